The van der Waals surface area contributed by atoms with Crippen molar-refractivity contribution < 1.29 is 9.94 Å². The summed E-state index contributed by atoms with van der Waals surface area (Å²) in [5, 5.41) is 11.4. The van der Waals surface area contributed by atoms with E-state index in [0.717, 1.165) is 16.9 Å². The smallest absolute Gasteiger partial charge is 0.119 e. The average Bonchev–Trinajstić information content (AvgIpc) is 2.40. The highest BCUT2D eigenvalue weighted by molar-refractivity contribution is 5.79. The number of hydrogen-bond acceptors (Lipinski definition) is 3. The maximum atomic E-state index is 8.40. The highest BCUT2D eigenvalue weighted by atomic mass is 16.5. The number of aryl methyl sites for hydroxylation is 1. The van der Waals surface area contributed by atoms with Crippen molar-refractivity contribution in [3.8, 4) is 5.75 Å². The van der Waals surface area contributed by atoms with Crippen molar-refractivity contribution >= 4 is 6.21 Å². The van der Waals surface area contributed by atoms with Gasteiger partial charge in [-0.1, -0.05) is 35.0 Å². The lowest BCUT2D eigenvalue weighted by atomic mass is 10.2. The number of benzene rings is 2. The molecule has 2 rings (SSSR count). The third kappa shape index (κ3) is 3.35. The molecule has 2 aromatic carbocycles. The summed E-state index contributed by atoms with van der Waals surface area (Å²) in [6.07, 6.45) is 1.38. The zero-order valence-corrected chi connectivity index (χ0v) is 10.2. The van der Waals surface area contributed by atoms with Crippen LogP contribution in [-0.4, -0.2) is 11.4 Å². The van der Waals surface area contributed by atoms with Crippen molar-refractivity contribution in [1.82, 2.24) is 0 Å². The first-order valence-corrected chi connectivity index (χ1v) is 5.74. The molecule has 0 unspecified atom stereocenters. The largest absolute Gasteiger partial charge is 0.489 e. The Kier molecular flexibility index (Phi) is 3.97. The van der Waals surface area contributed by atoms with Gasteiger partial charge in [-0.3, -0.25) is 0 Å². The van der Waals surface area contributed by atoms with Gasteiger partial charge in [0.15, 0.2) is 0 Å². The van der Waals surface area contributed by atoms with Crippen molar-refractivity contribution in [2.75, 3.05) is 0 Å². The molecule has 18 heavy (non-hydrogen) atoms. The van der Waals surface area contributed by atoms with Crippen LogP contribution in [0.1, 0.15) is 16.7 Å². The van der Waals surface area contributed by atoms with E-state index in [1.165, 1.54) is 11.8 Å². The molecule has 0 aromatic heterocycles. The van der Waals surface area contributed by atoms with Crippen molar-refractivity contribution in [3.05, 3.63) is 65.2 Å². The van der Waals surface area contributed by atoms with E-state index in [2.05, 4.69) is 36.3 Å². The Morgan fingerprint density at radius 3 is 2.33 bits per heavy atom. The predicted octanol–water partition coefficient (Wildman–Crippen LogP) is 3.38. The lowest BCUT2D eigenvalue weighted by molar-refractivity contribution is 0.306. The molecule has 1 N–H and O–H groups in total. The fraction of sp³-hybridized carbons (Fsp3) is 0.133. The second kappa shape index (κ2) is 5.87. The summed E-state index contributed by atoms with van der Waals surface area (Å²) < 4.78 is 5.66. The van der Waals surface area contributed by atoms with Crippen molar-refractivity contribution in [2.24, 2.45) is 5.16 Å². The zero-order chi connectivity index (χ0) is 12.8. The number of nitrogens with zero attached hydrogens (tertiary/aromatic N) is 1. The van der Waals surface area contributed by atoms with Crippen LogP contribution < -0.4 is 4.74 Å². The van der Waals surface area contributed by atoms with Gasteiger partial charge in [-0.15, -0.1) is 0 Å². The fourth-order valence-corrected chi connectivity index (χ4v) is 1.57. The van der Waals surface area contributed by atoms with Crippen LogP contribution in [0.25, 0.3) is 0 Å². The first kappa shape index (κ1) is 12.2. The van der Waals surface area contributed by atoms with Crippen molar-refractivity contribution in [3.63, 3.8) is 0 Å². The molecule has 3 nitrogen and oxygen atoms in total. The molecule has 0 bridgehead atoms. The summed E-state index contributed by atoms with van der Waals surface area (Å²) in [4.78, 5) is 0. The van der Waals surface area contributed by atoms with Crippen LogP contribution in [-0.2, 0) is 6.61 Å². The molecule has 0 aliphatic rings. The van der Waals surface area contributed by atoms with Crippen molar-refractivity contribution in [2.45, 2.75) is 13.5 Å². The molecule has 0 atom stereocenters. The molecular formula is C15H15NO2. The van der Waals surface area contributed by atoms with E-state index in [9.17, 15) is 0 Å². The summed E-state index contributed by atoms with van der Waals surface area (Å²) in [5.74, 6) is 0.797. The van der Waals surface area contributed by atoms with Gasteiger partial charge in [-0.2, -0.15) is 0 Å². The second-order valence-corrected chi connectivity index (χ2v) is 4.09. The van der Waals surface area contributed by atoms with E-state index in [4.69, 9.17) is 9.94 Å². The van der Waals surface area contributed by atoms with Crippen LogP contribution >= 0.6 is 0 Å². The van der Waals surface area contributed by atoms with E-state index >= 15 is 0 Å². The second-order valence-electron chi connectivity index (χ2n) is 4.09. The maximum absolute atomic E-state index is 8.40. The average molecular weight is 241 g/mol. The summed E-state index contributed by atoms with van der Waals surface area (Å²) in [6.45, 7) is 2.61. The Hall–Kier alpha value is -2.29. The molecule has 0 saturated carbocycles. The Morgan fingerprint density at radius 2 is 1.72 bits per heavy atom. The Morgan fingerprint density at radius 1 is 1.06 bits per heavy atom. The number of rotatable bonds is 4. The molecule has 0 heterocycles. The minimum Gasteiger partial charge on any atom is -0.489 e. The molecule has 2 aromatic rings. The highest BCUT2D eigenvalue weighted by Gasteiger charge is 1.96. The Balaban J connectivity index is 1.95. The fourth-order valence-electron chi connectivity index (χ4n) is 1.57. The molecular weight excluding hydrogens is 226 g/mol. The molecule has 0 aliphatic heterocycles. The van der Waals surface area contributed by atoms with E-state index in [0.29, 0.717) is 6.61 Å². The highest BCUT2D eigenvalue weighted by Crippen LogP contribution is 2.13. The van der Waals surface area contributed by atoms with Gasteiger partial charge < -0.3 is 9.94 Å². The minimum atomic E-state index is 0.549. The zero-order valence-electron chi connectivity index (χ0n) is 10.2. The molecule has 0 aliphatic carbocycles. The van der Waals surface area contributed by atoms with Gasteiger partial charge in [0.2, 0.25) is 0 Å². The molecule has 92 valence electrons. The van der Waals surface area contributed by atoms with Crippen LogP contribution in [0, 0.1) is 6.92 Å². The van der Waals surface area contributed by atoms with Gasteiger partial charge in [0.05, 0.1) is 6.21 Å². The van der Waals surface area contributed by atoms with Crippen LogP contribution in [0.5, 0.6) is 5.75 Å². The standard InChI is InChI=1S/C15H15NO2/c1-12-2-4-14(5-3-12)11-18-15-8-6-13(7-9-15)10-16-17/h2-10,17H,11H2,1H3/b16-10+. The van der Waals surface area contributed by atoms with Gasteiger partial charge >= 0.3 is 0 Å². The van der Waals surface area contributed by atoms with Gasteiger partial charge in [0.1, 0.15) is 12.4 Å². The molecule has 0 radical (unpaired) electrons. The van der Waals surface area contributed by atoms with Crippen LogP contribution in [0.2, 0.25) is 0 Å². The third-order valence-electron chi connectivity index (χ3n) is 2.61. The van der Waals surface area contributed by atoms with E-state index in [1.54, 1.807) is 0 Å². The molecule has 0 spiro atoms. The summed E-state index contributed by atoms with van der Waals surface area (Å²) in [5.41, 5.74) is 3.22. The molecule has 3 heteroatoms. The summed E-state index contributed by atoms with van der Waals surface area (Å²) in [7, 11) is 0. The first-order valence-electron chi connectivity index (χ1n) is 5.74. The molecule has 0 amide bonds. The predicted molar refractivity (Wildman–Crippen MR) is 71.3 cm³/mol. The number of hydrogen-bond donors (Lipinski definition) is 1. The molecule has 0 fully saturated rings. The van der Waals surface area contributed by atoms with Gasteiger partial charge in [0.25, 0.3) is 0 Å². The van der Waals surface area contributed by atoms with Crippen LogP contribution in [0.4, 0.5) is 0 Å². The first-order chi connectivity index (χ1) is 8.78. The lowest BCUT2D eigenvalue weighted by Gasteiger charge is -2.06. The van der Waals surface area contributed by atoms with Gasteiger partial charge in [-0.05, 0) is 42.3 Å². The van der Waals surface area contributed by atoms with Crippen LogP contribution in [0.15, 0.2) is 53.7 Å². The van der Waals surface area contributed by atoms with E-state index in [1.807, 2.05) is 24.3 Å². The summed E-state index contributed by atoms with van der Waals surface area (Å²) >= 11 is 0. The minimum absolute atomic E-state index is 0.549. The normalized spacial score (nSPS) is 10.7. The van der Waals surface area contributed by atoms with Crippen molar-refractivity contribution in [1.29, 1.82) is 0 Å². The summed E-state index contributed by atoms with van der Waals surface area (Å²) in [6, 6.07) is 15.6. The van der Waals surface area contributed by atoms with Crippen LogP contribution in [0.3, 0.4) is 0 Å². The van der Waals surface area contributed by atoms with E-state index in [-0.39, 0.29) is 0 Å². The SMILES string of the molecule is Cc1ccc(COc2ccc(/C=N/O)cc2)cc1. The lowest BCUT2D eigenvalue weighted by Crippen LogP contribution is -1.95. The van der Waals surface area contributed by atoms with Gasteiger partial charge in [-0.25, -0.2) is 0 Å². The Labute approximate surface area is 106 Å². The Bertz CT molecular complexity index is 515. The number of oxime groups is 1. The number of ether oxygens (including phenoxy) is 1. The topological polar surface area (TPSA) is 41.8 Å². The quantitative estimate of drug-likeness (QED) is 0.506. The monoisotopic (exact) mass is 241 g/mol. The molecule has 0 saturated heterocycles. The third-order valence-corrected chi connectivity index (χ3v) is 2.61. The maximum Gasteiger partial charge on any atom is 0.119 e. The van der Waals surface area contributed by atoms with Gasteiger partial charge in [0, 0.05) is 0 Å². The van der Waals surface area contributed by atoms with E-state index < -0.39 is 0 Å².